The molecule has 0 aromatic heterocycles. The Morgan fingerprint density at radius 3 is 2.20 bits per heavy atom. The molecule has 0 unspecified atom stereocenters. The molecule has 2 N–H and O–H groups in total. The van der Waals surface area contributed by atoms with Gasteiger partial charge in [0.2, 0.25) is 15.9 Å². The van der Waals surface area contributed by atoms with Gasteiger partial charge in [0.25, 0.3) is 0 Å². The van der Waals surface area contributed by atoms with Gasteiger partial charge in [-0.1, -0.05) is 54.1 Å². The van der Waals surface area contributed by atoms with Crippen LogP contribution in [0.25, 0.3) is 0 Å². The van der Waals surface area contributed by atoms with Crippen molar-refractivity contribution < 1.29 is 13.2 Å². The second-order valence-corrected chi connectivity index (χ2v) is 8.20. The van der Waals surface area contributed by atoms with Crippen molar-refractivity contribution in [3.63, 3.8) is 0 Å². The van der Waals surface area contributed by atoms with E-state index in [-0.39, 0.29) is 17.7 Å². The molecule has 1 atom stereocenters. The largest absolute Gasteiger partial charge is 0.352 e. The van der Waals surface area contributed by atoms with E-state index in [0.29, 0.717) is 16.1 Å². The van der Waals surface area contributed by atoms with Gasteiger partial charge in [-0.15, -0.1) is 0 Å². The Bertz CT molecular complexity index is 806. The summed E-state index contributed by atoms with van der Waals surface area (Å²) in [6.07, 6.45) is 0. The molecule has 0 fully saturated rings. The number of sulfonamides is 1. The minimum Gasteiger partial charge on any atom is -0.352 e. The van der Waals surface area contributed by atoms with E-state index in [9.17, 15) is 13.2 Å². The van der Waals surface area contributed by atoms with Crippen LogP contribution in [0.4, 0.5) is 0 Å². The summed E-state index contributed by atoms with van der Waals surface area (Å²) in [7, 11) is -3.73. The van der Waals surface area contributed by atoms with Gasteiger partial charge in [-0.3, -0.25) is 4.79 Å². The zero-order valence-electron chi connectivity index (χ0n) is 14.1. The van der Waals surface area contributed by atoms with Crippen molar-refractivity contribution in [1.29, 1.82) is 0 Å². The SMILES string of the molecule is CC(C)NC(=O)[C@@H](NS(=O)(=O)Cc1ccc(Cl)cc1)c1ccccc1. The first-order valence-electron chi connectivity index (χ1n) is 7.86. The van der Waals surface area contributed by atoms with Crippen molar-refractivity contribution in [1.82, 2.24) is 10.0 Å². The lowest BCUT2D eigenvalue weighted by Gasteiger charge is -2.20. The first-order valence-corrected chi connectivity index (χ1v) is 9.89. The quantitative estimate of drug-likeness (QED) is 0.775. The highest BCUT2D eigenvalue weighted by Gasteiger charge is 2.26. The normalized spacial score (nSPS) is 12.8. The zero-order chi connectivity index (χ0) is 18.4. The fourth-order valence-corrected chi connectivity index (χ4v) is 3.75. The third-order valence-electron chi connectivity index (χ3n) is 3.39. The van der Waals surface area contributed by atoms with E-state index in [1.165, 1.54) is 0 Å². The zero-order valence-corrected chi connectivity index (χ0v) is 15.6. The monoisotopic (exact) mass is 380 g/mol. The molecule has 5 nitrogen and oxygen atoms in total. The molecule has 7 heteroatoms. The molecule has 0 radical (unpaired) electrons. The molecule has 2 aromatic rings. The average Bonchev–Trinajstić information content (AvgIpc) is 2.55. The fourth-order valence-electron chi connectivity index (χ4n) is 2.31. The Balaban J connectivity index is 2.22. The summed E-state index contributed by atoms with van der Waals surface area (Å²) in [5.74, 6) is -0.622. The molecular formula is C18H21ClN2O3S. The van der Waals surface area contributed by atoms with Crippen molar-refractivity contribution in [2.24, 2.45) is 0 Å². The van der Waals surface area contributed by atoms with Crippen molar-refractivity contribution in [2.75, 3.05) is 0 Å². The molecule has 0 saturated heterocycles. The van der Waals surface area contributed by atoms with Gasteiger partial charge in [0.1, 0.15) is 6.04 Å². The number of hydrogen-bond donors (Lipinski definition) is 2. The number of carbonyl (C=O) groups excluding carboxylic acids is 1. The maximum atomic E-state index is 12.5. The summed E-state index contributed by atoms with van der Waals surface area (Å²) in [5, 5.41) is 3.29. The minimum atomic E-state index is -3.73. The maximum absolute atomic E-state index is 12.5. The lowest BCUT2D eigenvalue weighted by molar-refractivity contribution is -0.123. The van der Waals surface area contributed by atoms with Crippen LogP contribution in [0.5, 0.6) is 0 Å². The van der Waals surface area contributed by atoms with Crippen LogP contribution in [0.3, 0.4) is 0 Å². The molecular weight excluding hydrogens is 360 g/mol. The van der Waals surface area contributed by atoms with Crippen LogP contribution in [0.15, 0.2) is 54.6 Å². The van der Waals surface area contributed by atoms with Gasteiger partial charge < -0.3 is 5.32 Å². The Morgan fingerprint density at radius 2 is 1.64 bits per heavy atom. The van der Waals surface area contributed by atoms with E-state index in [0.717, 1.165) is 0 Å². The summed E-state index contributed by atoms with van der Waals surface area (Å²) >= 11 is 5.82. The summed E-state index contributed by atoms with van der Waals surface area (Å²) in [6, 6.07) is 14.2. The third-order valence-corrected chi connectivity index (χ3v) is 4.95. The van der Waals surface area contributed by atoms with E-state index in [1.54, 1.807) is 48.5 Å². The second kappa shape index (κ2) is 8.47. The number of amides is 1. The van der Waals surface area contributed by atoms with Crippen molar-refractivity contribution in [3.8, 4) is 0 Å². The van der Waals surface area contributed by atoms with Crippen molar-refractivity contribution in [3.05, 3.63) is 70.7 Å². The molecule has 0 saturated carbocycles. The molecule has 1 amide bonds. The first-order chi connectivity index (χ1) is 11.8. The van der Waals surface area contributed by atoms with Gasteiger partial charge >= 0.3 is 0 Å². The van der Waals surface area contributed by atoms with Crippen molar-refractivity contribution >= 4 is 27.5 Å². The Morgan fingerprint density at radius 1 is 1.04 bits per heavy atom. The minimum absolute atomic E-state index is 0.0977. The van der Waals surface area contributed by atoms with E-state index < -0.39 is 16.1 Å². The average molecular weight is 381 g/mol. The van der Waals surface area contributed by atoms with E-state index in [1.807, 2.05) is 19.9 Å². The van der Waals surface area contributed by atoms with Crippen LogP contribution in [0.2, 0.25) is 5.02 Å². The standard InChI is InChI=1S/C18H21ClN2O3S/c1-13(2)20-18(22)17(15-6-4-3-5-7-15)21-25(23,24)12-14-8-10-16(19)11-9-14/h3-11,13,17,21H,12H2,1-2H3,(H,20,22)/t17-/m0/s1. The summed E-state index contributed by atoms with van der Waals surface area (Å²) in [5.41, 5.74) is 1.17. The smallest absolute Gasteiger partial charge is 0.242 e. The highest BCUT2D eigenvalue weighted by molar-refractivity contribution is 7.88. The van der Waals surface area contributed by atoms with Crippen LogP contribution >= 0.6 is 11.6 Å². The van der Waals surface area contributed by atoms with Crippen LogP contribution in [-0.2, 0) is 20.6 Å². The van der Waals surface area contributed by atoms with Crippen LogP contribution in [0.1, 0.15) is 31.0 Å². The second-order valence-electron chi connectivity index (χ2n) is 6.01. The lowest BCUT2D eigenvalue weighted by atomic mass is 10.1. The highest BCUT2D eigenvalue weighted by atomic mass is 35.5. The van der Waals surface area contributed by atoms with Gasteiger partial charge in [0.15, 0.2) is 0 Å². The lowest BCUT2D eigenvalue weighted by Crippen LogP contribution is -2.43. The van der Waals surface area contributed by atoms with Gasteiger partial charge in [-0.25, -0.2) is 8.42 Å². The predicted octanol–water partition coefficient (Wildman–Crippen LogP) is 3.03. The number of nitrogens with one attached hydrogen (secondary N) is 2. The number of benzene rings is 2. The molecule has 0 aliphatic rings. The van der Waals surface area contributed by atoms with Gasteiger partial charge in [0, 0.05) is 11.1 Å². The number of carbonyl (C=O) groups is 1. The van der Waals surface area contributed by atoms with E-state index in [4.69, 9.17) is 11.6 Å². The molecule has 0 aliphatic heterocycles. The molecule has 2 rings (SSSR count). The molecule has 25 heavy (non-hydrogen) atoms. The maximum Gasteiger partial charge on any atom is 0.242 e. The highest BCUT2D eigenvalue weighted by Crippen LogP contribution is 2.17. The Labute approximate surface area is 153 Å². The molecule has 0 spiro atoms. The summed E-state index contributed by atoms with van der Waals surface area (Å²) in [6.45, 7) is 3.64. The third kappa shape index (κ3) is 6.16. The van der Waals surface area contributed by atoms with Crippen LogP contribution < -0.4 is 10.0 Å². The first kappa shape index (κ1) is 19.4. The number of hydrogen-bond acceptors (Lipinski definition) is 3. The van der Waals surface area contributed by atoms with Crippen LogP contribution in [-0.4, -0.2) is 20.4 Å². The van der Waals surface area contributed by atoms with Crippen molar-refractivity contribution in [2.45, 2.75) is 31.7 Å². The number of rotatable bonds is 7. The molecule has 0 bridgehead atoms. The number of halogens is 1. The topological polar surface area (TPSA) is 75.3 Å². The van der Waals surface area contributed by atoms with Gasteiger partial charge in [-0.05, 0) is 37.1 Å². The van der Waals surface area contributed by atoms with E-state index in [2.05, 4.69) is 10.0 Å². The van der Waals surface area contributed by atoms with Crippen LogP contribution in [0, 0.1) is 0 Å². The summed E-state index contributed by atoms with van der Waals surface area (Å²) in [4.78, 5) is 12.5. The van der Waals surface area contributed by atoms with Gasteiger partial charge in [-0.2, -0.15) is 4.72 Å². The predicted molar refractivity (Wildman–Crippen MR) is 99.7 cm³/mol. The molecule has 134 valence electrons. The molecule has 0 heterocycles. The van der Waals surface area contributed by atoms with E-state index >= 15 is 0 Å². The van der Waals surface area contributed by atoms with Gasteiger partial charge in [0.05, 0.1) is 5.75 Å². The summed E-state index contributed by atoms with van der Waals surface area (Å²) < 4.78 is 27.6. The fraction of sp³-hybridized carbons (Fsp3) is 0.278. The molecule has 0 aliphatic carbocycles. The Kier molecular flexibility index (Phi) is 6.58. The Hall–Kier alpha value is -1.89. The molecule has 2 aromatic carbocycles.